The predicted molar refractivity (Wildman–Crippen MR) is 109 cm³/mol. The van der Waals surface area contributed by atoms with Crippen molar-refractivity contribution in [2.75, 3.05) is 6.54 Å². The highest BCUT2D eigenvalue weighted by Crippen LogP contribution is 2.25. The van der Waals surface area contributed by atoms with Gasteiger partial charge in [-0.15, -0.1) is 0 Å². The van der Waals surface area contributed by atoms with E-state index in [1.54, 1.807) is 6.20 Å². The number of aromatic nitrogens is 2. The molecule has 0 aliphatic heterocycles. The topological polar surface area (TPSA) is 46.9 Å². The summed E-state index contributed by atoms with van der Waals surface area (Å²) < 4.78 is 29.3. The van der Waals surface area contributed by atoms with Crippen LogP contribution >= 0.6 is 0 Å². The third-order valence-corrected chi connectivity index (χ3v) is 5.22. The van der Waals surface area contributed by atoms with E-state index < -0.39 is 11.6 Å². The van der Waals surface area contributed by atoms with Gasteiger partial charge < -0.3 is 9.88 Å². The number of nitrogens with zero attached hydrogens (tertiary/aromatic N) is 2. The lowest BCUT2D eigenvalue weighted by Gasteiger charge is -2.13. The molecule has 3 aromatic rings. The maximum Gasteiger partial charge on any atom is 0.268 e. The fraction of sp³-hybridized carbons (Fsp3) is 0.304. The molecule has 1 aromatic carbocycles. The van der Waals surface area contributed by atoms with Crippen LogP contribution in [0.25, 0.3) is 0 Å². The van der Waals surface area contributed by atoms with E-state index in [2.05, 4.69) is 10.3 Å². The van der Waals surface area contributed by atoms with E-state index in [4.69, 9.17) is 0 Å². The molecule has 3 rings (SSSR count). The lowest BCUT2D eigenvalue weighted by atomic mass is 10.1. The summed E-state index contributed by atoms with van der Waals surface area (Å²) >= 11 is 0. The van der Waals surface area contributed by atoms with Crippen molar-refractivity contribution in [3.63, 3.8) is 0 Å². The standard InChI is InChI=1S/C23H25F2N3O/c1-4-20-15(2)22(23(29)27-12-10-19-7-5-6-11-26-19)28(16(20)3)14-17-8-9-18(24)13-21(17)25/h5-9,11,13H,4,10,12,14H2,1-3H3,(H,27,29). The molecule has 0 aliphatic rings. The molecule has 0 aliphatic carbocycles. The molecule has 0 radical (unpaired) electrons. The number of rotatable bonds is 7. The lowest BCUT2D eigenvalue weighted by Crippen LogP contribution is -2.29. The van der Waals surface area contributed by atoms with Gasteiger partial charge in [-0.3, -0.25) is 9.78 Å². The van der Waals surface area contributed by atoms with Crippen molar-refractivity contribution in [2.45, 2.75) is 40.2 Å². The van der Waals surface area contributed by atoms with Gasteiger partial charge in [0.1, 0.15) is 17.3 Å². The van der Waals surface area contributed by atoms with Gasteiger partial charge in [-0.2, -0.15) is 0 Å². The monoisotopic (exact) mass is 397 g/mol. The highest BCUT2D eigenvalue weighted by Gasteiger charge is 2.22. The smallest absolute Gasteiger partial charge is 0.268 e. The summed E-state index contributed by atoms with van der Waals surface area (Å²) in [6.07, 6.45) is 3.11. The second kappa shape index (κ2) is 8.99. The van der Waals surface area contributed by atoms with Crippen molar-refractivity contribution in [3.05, 3.63) is 88.0 Å². The Kier molecular flexibility index (Phi) is 6.42. The first kappa shape index (κ1) is 20.7. The normalized spacial score (nSPS) is 10.9. The van der Waals surface area contributed by atoms with E-state index >= 15 is 0 Å². The second-order valence-electron chi connectivity index (χ2n) is 7.04. The number of amides is 1. The van der Waals surface area contributed by atoms with Crippen LogP contribution in [0.5, 0.6) is 0 Å². The van der Waals surface area contributed by atoms with Gasteiger partial charge in [0.05, 0.1) is 6.54 Å². The largest absolute Gasteiger partial charge is 0.350 e. The quantitative estimate of drug-likeness (QED) is 0.644. The van der Waals surface area contributed by atoms with Crippen molar-refractivity contribution in [2.24, 2.45) is 0 Å². The van der Waals surface area contributed by atoms with Crippen LogP contribution in [-0.4, -0.2) is 22.0 Å². The molecule has 152 valence electrons. The Morgan fingerprint density at radius 1 is 1.17 bits per heavy atom. The molecule has 0 spiro atoms. The Hall–Kier alpha value is -3.02. The number of hydrogen-bond donors (Lipinski definition) is 1. The molecule has 0 unspecified atom stereocenters. The predicted octanol–water partition coefficient (Wildman–Crippen LogP) is 4.36. The summed E-state index contributed by atoms with van der Waals surface area (Å²) in [7, 11) is 0. The molecular formula is C23H25F2N3O. The SMILES string of the molecule is CCc1c(C)c(C(=O)NCCc2ccccn2)n(Cc2ccc(F)cc2F)c1C. The van der Waals surface area contributed by atoms with Gasteiger partial charge in [0, 0.05) is 42.2 Å². The molecule has 1 amide bonds. The average Bonchev–Trinajstić information content (AvgIpc) is 2.94. The molecule has 2 heterocycles. The summed E-state index contributed by atoms with van der Waals surface area (Å²) in [5, 5.41) is 2.95. The van der Waals surface area contributed by atoms with Gasteiger partial charge in [0.15, 0.2) is 0 Å². The Bertz CT molecular complexity index is 1010. The minimum Gasteiger partial charge on any atom is -0.350 e. The van der Waals surface area contributed by atoms with Gasteiger partial charge in [-0.05, 0) is 49.6 Å². The third-order valence-electron chi connectivity index (χ3n) is 5.22. The Balaban J connectivity index is 1.85. The Labute approximate surface area is 169 Å². The lowest BCUT2D eigenvalue weighted by molar-refractivity contribution is 0.0944. The number of carbonyl (C=O) groups is 1. The number of carbonyl (C=O) groups excluding carboxylic acids is 1. The van der Waals surface area contributed by atoms with Crippen LogP contribution in [0, 0.1) is 25.5 Å². The second-order valence-corrected chi connectivity index (χ2v) is 7.04. The van der Waals surface area contributed by atoms with Crippen LogP contribution in [0.4, 0.5) is 8.78 Å². The third kappa shape index (κ3) is 4.53. The van der Waals surface area contributed by atoms with Gasteiger partial charge in [-0.1, -0.05) is 19.1 Å². The Morgan fingerprint density at radius 3 is 2.62 bits per heavy atom. The number of nitrogens with one attached hydrogen (secondary N) is 1. The van der Waals surface area contributed by atoms with E-state index in [0.29, 0.717) is 24.2 Å². The molecule has 29 heavy (non-hydrogen) atoms. The number of hydrogen-bond acceptors (Lipinski definition) is 2. The summed E-state index contributed by atoms with van der Waals surface area (Å²) in [6.45, 7) is 6.49. The summed E-state index contributed by atoms with van der Waals surface area (Å²) in [5.74, 6) is -1.44. The average molecular weight is 397 g/mol. The minimum atomic E-state index is -0.617. The van der Waals surface area contributed by atoms with E-state index in [1.165, 1.54) is 12.1 Å². The van der Waals surface area contributed by atoms with E-state index in [9.17, 15) is 13.6 Å². The van der Waals surface area contributed by atoms with Gasteiger partial charge in [0.2, 0.25) is 0 Å². The maximum atomic E-state index is 14.2. The molecule has 6 heteroatoms. The fourth-order valence-electron chi connectivity index (χ4n) is 3.71. The van der Waals surface area contributed by atoms with Crippen LogP contribution in [0.15, 0.2) is 42.6 Å². The van der Waals surface area contributed by atoms with Crippen LogP contribution < -0.4 is 5.32 Å². The maximum absolute atomic E-state index is 14.2. The van der Waals surface area contributed by atoms with E-state index in [1.807, 2.05) is 43.5 Å². The molecule has 0 bridgehead atoms. The van der Waals surface area contributed by atoms with Crippen molar-refractivity contribution in [3.8, 4) is 0 Å². The molecule has 1 N–H and O–H groups in total. The van der Waals surface area contributed by atoms with Crippen molar-refractivity contribution >= 4 is 5.91 Å². The summed E-state index contributed by atoms with van der Waals surface area (Å²) in [6, 6.07) is 9.20. The van der Waals surface area contributed by atoms with Gasteiger partial charge >= 0.3 is 0 Å². The molecule has 0 saturated heterocycles. The zero-order valence-electron chi connectivity index (χ0n) is 16.9. The minimum absolute atomic E-state index is 0.168. The molecule has 0 saturated carbocycles. The summed E-state index contributed by atoms with van der Waals surface area (Å²) in [4.78, 5) is 17.2. The summed E-state index contributed by atoms with van der Waals surface area (Å²) in [5.41, 5.74) is 4.64. The first-order valence-corrected chi connectivity index (χ1v) is 9.73. The highest BCUT2D eigenvalue weighted by molar-refractivity contribution is 5.95. The highest BCUT2D eigenvalue weighted by atomic mass is 19.1. The van der Waals surface area contributed by atoms with E-state index in [0.717, 1.165) is 35.0 Å². The first-order chi connectivity index (χ1) is 13.9. The first-order valence-electron chi connectivity index (χ1n) is 9.73. The molecule has 4 nitrogen and oxygen atoms in total. The van der Waals surface area contributed by atoms with Gasteiger partial charge in [-0.25, -0.2) is 8.78 Å². The van der Waals surface area contributed by atoms with Crippen molar-refractivity contribution in [1.29, 1.82) is 0 Å². The Morgan fingerprint density at radius 2 is 1.97 bits per heavy atom. The van der Waals surface area contributed by atoms with Crippen LogP contribution in [0.3, 0.4) is 0 Å². The fourth-order valence-corrected chi connectivity index (χ4v) is 3.71. The number of benzene rings is 1. The van der Waals surface area contributed by atoms with Gasteiger partial charge in [0.25, 0.3) is 5.91 Å². The zero-order valence-corrected chi connectivity index (χ0v) is 16.9. The van der Waals surface area contributed by atoms with Crippen LogP contribution in [0.1, 0.15) is 45.5 Å². The zero-order chi connectivity index (χ0) is 21.0. The van der Waals surface area contributed by atoms with Crippen molar-refractivity contribution in [1.82, 2.24) is 14.9 Å². The van der Waals surface area contributed by atoms with Crippen molar-refractivity contribution < 1.29 is 13.6 Å². The molecule has 0 atom stereocenters. The van der Waals surface area contributed by atoms with Crippen LogP contribution in [-0.2, 0) is 19.4 Å². The number of halogens is 2. The molecular weight excluding hydrogens is 372 g/mol. The van der Waals surface area contributed by atoms with E-state index in [-0.39, 0.29) is 12.5 Å². The number of pyridine rings is 1. The molecule has 2 aromatic heterocycles. The van der Waals surface area contributed by atoms with Crippen LogP contribution in [0.2, 0.25) is 0 Å². The molecule has 0 fully saturated rings.